The Morgan fingerprint density at radius 1 is 0.929 bits per heavy atom. The number of rotatable bonds is 3. The van der Waals surface area contributed by atoms with Crippen molar-refractivity contribution in [3.05, 3.63) is 53.1 Å². The molecule has 0 aromatic heterocycles. The number of hydrogen-bond donors (Lipinski definition) is 2. The molecule has 28 heavy (non-hydrogen) atoms. The standard InChI is InChI=1S/C20H23N3O4S/c1-13-9-14(2)11-16(10-13)21-19(24)20(25)22-18-12-17(6-5-15(18)3)23-7-4-8-28(23,26)27/h5-6,9-12H,4,7-8H2,1-3H3,(H,21,24)(H,22,25). The van der Waals surface area contributed by atoms with Gasteiger partial charge in [-0.25, -0.2) is 8.42 Å². The minimum absolute atomic E-state index is 0.112. The third-order valence-corrected chi connectivity index (χ3v) is 6.41. The molecule has 1 aliphatic rings. The highest BCUT2D eigenvalue weighted by Gasteiger charge is 2.29. The van der Waals surface area contributed by atoms with Crippen molar-refractivity contribution in [2.24, 2.45) is 0 Å². The number of amides is 2. The molecule has 0 spiro atoms. The zero-order chi connectivity index (χ0) is 20.5. The van der Waals surface area contributed by atoms with Crippen LogP contribution in [0.15, 0.2) is 36.4 Å². The maximum absolute atomic E-state index is 12.3. The Labute approximate surface area is 164 Å². The third kappa shape index (κ3) is 4.33. The summed E-state index contributed by atoms with van der Waals surface area (Å²) < 4.78 is 25.6. The van der Waals surface area contributed by atoms with Crippen LogP contribution in [-0.2, 0) is 19.6 Å². The largest absolute Gasteiger partial charge is 0.318 e. The van der Waals surface area contributed by atoms with Crippen molar-refractivity contribution in [1.82, 2.24) is 0 Å². The first-order valence-corrected chi connectivity index (χ1v) is 10.6. The zero-order valence-corrected chi connectivity index (χ0v) is 16.9. The Bertz CT molecular complexity index is 1030. The summed E-state index contributed by atoms with van der Waals surface area (Å²) in [5.41, 5.74) is 4.12. The van der Waals surface area contributed by atoms with E-state index in [0.717, 1.165) is 16.7 Å². The first-order chi connectivity index (χ1) is 13.2. The molecule has 148 valence electrons. The van der Waals surface area contributed by atoms with Gasteiger partial charge in [0.25, 0.3) is 0 Å². The van der Waals surface area contributed by atoms with E-state index in [4.69, 9.17) is 0 Å². The number of carbonyl (C=O) groups excluding carboxylic acids is 2. The lowest BCUT2D eigenvalue weighted by Crippen LogP contribution is -2.30. The molecule has 0 unspecified atom stereocenters. The molecule has 2 aromatic rings. The highest BCUT2D eigenvalue weighted by Crippen LogP contribution is 2.28. The lowest BCUT2D eigenvalue weighted by Gasteiger charge is -2.19. The predicted octanol–water partition coefficient (Wildman–Crippen LogP) is 2.73. The van der Waals surface area contributed by atoms with Crippen molar-refractivity contribution in [2.45, 2.75) is 27.2 Å². The summed E-state index contributed by atoms with van der Waals surface area (Å²) in [6.45, 7) is 6.00. The summed E-state index contributed by atoms with van der Waals surface area (Å²) in [4.78, 5) is 24.6. The predicted molar refractivity (Wildman–Crippen MR) is 110 cm³/mol. The quantitative estimate of drug-likeness (QED) is 0.773. The first-order valence-electron chi connectivity index (χ1n) is 8.97. The van der Waals surface area contributed by atoms with Crippen LogP contribution < -0.4 is 14.9 Å². The van der Waals surface area contributed by atoms with Crippen molar-refractivity contribution in [2.75, 3.05) is 27.2 Å². The van der Waals surface area contributed by atoms with Crippen molar-refractivity contribution in [1.29, 1.82) is 0 Å². The van der Waals surface area contributed by atoms with Crippen LogP contribution in [0.2, 0.25) is 0 Å². The lowest BCUT2D eigenvalue weighted by atomic mass is 10.1. The number of anilines is 3. The SMILES string of the molecule is Cc1cc(C)cc(NC(=O)C(=O)Nc2cc(N3CCCS3(=O)=O)ccc2C)c1. The fourth-order valence-electron chi connectivity index (χ4n) is 3.24. The molecule has 0 aliphatic carbocycles. The molecule has 0 bridgehead atoms. The number of benzene rings is 2. The lowest BCUT2D eigenvalue weighted by molar-refractivity contribution is -0.133. The minimum atomic E-state index is -3.32. The summed E-state index contributed by atoms with van der Waals surface area (Å²) in [6.07, 6.45) is 0.566. The molecule has 1 aliphatic heterocycles. The molecule has 1 fully saturated rings. The topological polar surface area (TPSA) is 95.6 Å². The molecule has 0 atom stereocenters. The second kappa shape index (κ2) is 7.63. The molecule has 0 radical (unpaired) electrons. The van der Waals surface area contributed by atoms with Crippen LogP contribution >= 0.6 is 0 Å². The molecule has 2 amide bonds. The number of hydrogen-bond acceptors (Lipinski definition) is 4. The third-order valence-electron chi connectivity index (χ3n) is 4.54. The molecule has 2 aromatic carbocycles. The van der Waals surface area contributed by atoms with Gasteiger partial charge in [0, 0.05) is 17.9 Å². The van der Waals surface area contributed by atoms with E-state index in [1.807, 2.05) is 19.9 Å². The van der Waals surface area contributed by atoms with E-state index in [1.165, 1.54) is 4.31 Å². The van der Waals surface area contributed by atoms with Crippen molar-refractivity contribution in [3.63, 3.8) is 0 Å². The highest BCUT2D eigenvalue weighted by molar-refractivity contribution is 7.93. The van der Waals surface area contributed by atoms with Gasteiger partial charge in [-0.15, -0.1) is 0 Å². The van der Waals surface area contributed by atoms with Gasteiger partial charge in [0.2, 0.25) is 10.0 Å². The van der Waals surface area contributed by atoms with E-state index in [-0.39, 0.29) is 5.75 Å². The molecule has 2 N–H and O–H groups in total. The number of nitrogens with one attached hydrogen (secondary N) is 2. The van der Waals surface area contributed by atoms with Gasteiger partial charge < -0.3 is 10.6 Å². The molecule has 1 heterocycles. The Morgan fingerprint density at radius 2 is 1.57 bits per heavy atom. The first kappa shape index (κ1) is 19.9. The normalized spacial score (nSPS) is 15.3. The van der Waals surface area contributed by atoms with Gasteiger partial charge in [0.05, 0.1) is 11.4 Å². The van der Waals surface area contributed by atoms with E-state index < -0.39 is 21.8 Å². The fraction of sp³-hybridized carbons (Fsp3) is 0.300. The van der Waals surface area contributed by atoms with E-state index in [2.05, 4.69) is 10.6 Å². The molecule has 8 heteroatoms. The summed E-state index contributed by atoms with van der Waals surface area (Å²) in [5.74, 6) is -1.49. The second-order valence-corrected chi connectivity index (χ2v) is 9.04. The Kier molecular flexibility index (Phi) is 5.42. The fourth-order valence-corrected chi connectivity index (χ4v) is 4.80. The summed E-state index contributed by atoms with van der Waals surface area (Å²) >= 11 is 0. The molecule has 3 rings (SSSR count). The Morgan fingerprint density at radius 3 is 2.18 bits per heavy atom. The van der Waals surface area contributed by atoms with Gasteiger partial charge in [-0.3, -0.25) is 13.9 Å². The van der Waals surface area contributed by atoms with Gasteiger partial charge in [-0.05, 0) is 68.1 Å². The van der Waals surface area contributed by atoms with Gasteiger partial charge in [0.1, 0.15) is 0 Å². The smallest absolute Gasteiger partial charge is 0.314 e. The van der Waals surface area contributed by atoms with E-state index >= 15 is 0 Å². The van der Waals surface area contributed by atoms with Crippen LogP contribution in [0.25, 0.3) is 0 Å². The summed E-state index contributed by atoms with van der Waals surface area (Å²) in [5, 5.41) is 5.17. The highest BCUT2D eigenvalue weighted by atomic mass is 32.2. The average molecular weight is 401 g/mol. The van der Waals surface area contributed by atoms with Crippen molar-refractivity contribution in [3.8, 4) is 0 Å². The minimum Gasteiger partial charge on any atom is -0.318 e. The van der Waals surface area contributed by atoms with E-state index in [9.17, 15) is 18.0 Å². The molecule has 1 saturated heterocycles. The van der Waals surface area contributed by atoms with Gasteiger partial charge >= 0.3 is 11.8 Å². The molecule has 0 saturated carbocycles. The number of sulfonamides is 1. The van der Waals surface area contributed by atoms with Crippen LogP contribution in [0.1, 0.15) is 23.1 Å². The average Bonchev–Trinajstić information content (AvgIpc) is 2.95. The van der Waals surface area contributed by atoms with Crippen molar-refractivity contribution < 1.29 is 18.0 Å². The van der Waals surface area contributed by atoms with Gasteiger partial charge in [-0.2, -0.15) is 0 Å². The van der Waals surface area contributed by atoms with E-state index in [0.29, 0.717) is 30.0 Å². The van der Waals surface area contributed by atoms with Crippen LogP contribution in [0.5, 0.6) is 0 Å². The van der Waals surface area contributed by atoms with Crippen LogP contribution in [0, 0.1) is 20.8 Å². The maximum Gasteiger partial charge on any atom is 0.314 e. The summed E-state index contributed by atoms with van der Waals surface area (Å²) in [7, 11) is -3.32. The number of nitrogens with zero attached hydrogens (tertiary/aromatic N) is 1. The summed E-state index contributed by atoms with van der Waals surface area (Å²) in [6, 6.07) is 10.5. The Balaban J connectivity index is 1.76. The van der Waals surface area contributed by atoms with Crippen LogP contribution in [0.4, 0.5) is 17.1 Å². The molecular formula is C20H23N3O4S. The van der Waals surface area contributed by atoms with Crippen LogP contribution in [-0.4, -0.2) is 32.5 Å². The van der Waals surface area contributed by atoms with Gasteiger partial charge in [-0.1, -0.05) is 12.1 Å². The number of carbonyl (C=O) groups is 2. The maximum atomic E-state index is 12.3. The zero-order valence-electron chi connectivity index (χ0n) is 16.1. The van der Waals surface area contributed by atoms with Gasteiger partial charge in [0.15, 0.2) is 0 Å². The van der Waals surface area contributed by atoms with Crippen molar-refractivity contribution >= 4 is 38.9 Å². The molecular weight excluding hydrogens is 378 g/mol. The molecule has 7 nitrogen and oxygen atoms in total. The van der Waals surface area contributed by atoms with Crippen LogP contribution in [0.3, 0.4) is 0 Å². The monoisotopic (exact) mass is 401 g/mol. The second-order valence-electron chi connectivity index (χ2n) is 7.03. The van der Waals surface area contributed by atoms with E-state index in [1.54, 1.807) is 37.3 Å². The Hall–Kier alpha value is -2.87. The number of aryl methyl sites for hydroxylation is 3.